The average molecular weight is 278 g/mol. The molecule has 0 amide bonds. The maximum Gasteiger partial charge on any atom is 0.137 e. The molecular formula is C10H10BrF2NO. The lowest BCUT2D eigenvalue weighted by molar-refractivity contribution is 0.0253. The van der Waals surface area contributed by atoms with Gasteiger partial charge in [0.25, 0.3) is 0 Å². The zero-order valence-electron chi connectivity index (χ0n) is 7.90. The van der Waals surface area contributed by atoms with Crippen molar-refractivity contribution in [2.75, 3.05) is 19.7 Å². The van der Waals surface area contributed by atoms with Gasteiger partial charge in [0, 0.05) is 18.7 Å². The highest BCUT2D eigenvalue weighted by molar-refractivity contribution is 9.10. The van der Waals surface area contributed by atoms with Gasteiger partial charge >= 0.3 is 0 Å². The summed E-state index contributed by atoms with van der Waals surface area (Å²) < 4.78 is 32.2. The van der Waals surface area contributed by atoms with Crippen LogP contribution in [0.25, 0.3) is 0 Å². The van der Waals surface area contributed by atoms with Gasteiger partial charge in [-0.3, -0.25) is 0 Å². The van der Waals surface area contributed by atoms with Crippen molar-refractivity contribution in [1.82, 2.24) is 5.32 Å². The van der Waals surface area contributed by atoms with Gasteiger partial charge in [-0.25, -0.2) is 8.78 Å². The van der Waals surface area contributed by atoms with Gasteiger partial charge in [0.1, 0.15) is 11.6 Å². The first-order chi connectivity index (χ1) is 7.18. The molecule has 1 aliphatic heterocycles. The van der Waals surface area contributed by atoms with Crippen LogP contribution in [0.3, 0.4) is 0 Å². The Morgan fingerprint density at radius 3 is 2.80 bits per heavy atom. The molecule has 0 radical (unpaired) electrons. The van der Waals surface area contributed by atoms with Crippen molar-refractivity contribution < 1.29 is 13.5 Å². The monoisotopic (exact) mass is 277 g/mol. The molecule has 0 saturated carbocycles. The molecular weight excluding hydrogens is 268 g/mol. The average Bonchev–Trinajstić information content (AvgIpc) is 2.25. The number of ether oxygens (including phenoxy) is 1. The molecule has 1 N–H and O–H groups in total. The Bertz CT molecular complexity index is 367. The van der Waals surface area contributed by atoms with Crippen LogP contribution in [0, 0.1) is 11.6 Å². The first-order valence-corrected chi connectivity index (χ1v) is 5.44. The van der Waals surface area contributed by atoms with E-state index in [1.54, 1.807) is 0 Å². The minimum atomic E-state index is -0.472. The Hall–Kier alpha value is -0.520. The summed E-state index contributed by atoms with van der Waals surface area (Å²) in [6.45, 7) is 1.77. The first-order valence-electron chi connectivity index (χ1n) is 4.65. The minimum absolute atomic E-state index is 0.132. The number of hydrogen-bond acceptors (Lipinski definition) is 2. The molecule has 1 fully saturated rings. The third kappa shape index (κ3) is 2.35. The molecule has 2 rings (SSSR count). The Kier molecular flexibility index (Phi) is 3.33. The summed E-state index contributed by atoms with van der Waals surface area (Å²) >= 11 is 2.93. The van der Waals surface area contributed by atoms with Crippen LogP contribution in [-0.2, 0) is 4.74 Å². The van der Waals surface area contributed by atoms with Gasteiger partial charge in [-0.2, -0.15) is 0 Å². The third-order valence-electron chi connectivity index (χ3n) is 2.31. The number of benzene rings is 1. The second kappa shape index (κ2) is 4.55. The van der Waals surface area contributed by atoms with Crippen LogP contribution in [0.15, 0.2) is 16.6 Å². The largest absolute Gasteiger partial charge is 0.371 e. The highest BCUT2D eigenvalue weighted by Gasteiger charge is 2.20. The van der Waals surface area contributed by atoms with Gasteiger partial charge in [-0.1, -0.05) is 0 Å². The molecule has 1 saturated heterocycles. The highest BCUT2D eigenvalue weighted by atomic mass is 79.9. The van der Waals surface area contributed by atoms with Crippen molar-refractivity contribution in [1.29, 1.82) is 0 Å². The van der Waals surface area contributed by atoms with Crippen LogP contribution in [-0.4, -0.2) is 19.7 Å². The predicted octanol–water partition coefficient (Wildman–Crippen LogP) is 2.39. The summed E-state index contributed by atoms with van der Waals surface area (Å²) in [5.74, 6) is -0.919. The summed E-state index contributed by atoms with van der Waals surface area (Å²) in [4.78, 5) is 0. The molecule has 1 aromatic carbocycles. The van der Waals surface area contributed by atoms with E-state index in [-0.39, 0.29) is 10.0 Å². The fourth-order valence-electron chi connectivity index (χ4n) is 1.55. The van der Waals surface area contributed by atoms with Gasteiger partial charge in [0.2, 0.25) is 0 Å². The molecule has 0 bridgehead atoms. The Labute approximate surface area is 94.7 Å². The summed E-state index contributed by atoms with van der Waals surface area (Å²) in [6, 6.07) is 2.31. The van der Waals surface area contributed by atoms with Gasteiger partial charge in [0.05, 0.1) is 17.2 Å². The van der Waals surface area contributed by atoms with Gasteiger partial charge in [-0.15, -0.1) is 0 Å². The number of nitrogens with one attached hydrogen (secondary N) is 1. The lowest BCUT2D eigenvalue weighted by Crippen LogP contribution is -2.33. The highest BCUT2D eigenvalue weighted by Crippen LogP contribution is 2.26. The van der Waals surface area contributed by atoms with E-state index in [1.807, 2.05) is 0 Å². The van der Waals surface area contributed by atoms with Crippen LogP contribution in [0.4, 0.5) is 8.78 Å². The topological polar surface area (TPSA) is 21.3 Å². The Morgan fingerprint density at radius 1 is 1.33 bits per heavy atom. The molecule has 82 valence electrons. The maximum absolute atomic E-state index is 13.5. The standard InChI is InChI=1S/C10H10BrF2NO/c11-7-4-8(12)6(3-9(7)13)10-5-14-1-2-15-10/h3-4,10,14H,1-2,5H2. The van der Waals surface area contributed by atoms with Gasteiger partial charge in [-0.05, 0) is 28.1 Å². The molecule has 15 heavy (non-hydrogen) atoms. The minimum Gasteiger partial charge on any atom is -0.371 e. The van der Waals surface area contributed by atoms with E-state index >= 15 is 0 Å². The van der Waals surface area contributed by atoms with E-state index < -0.39 is 17.7 Å². The molecule has 5 heteroatoms. The molecule has 1 atom stereocenters. The number of halogens is 3. The molecule has 1 heterocycles. The van der Waals surface area contributed by atoms with E-state index in [4.69, 9.17) is 4.74 Å². The molecule has 2 nitrogen and oxygen atoms in total. The summed E-state index contributed by atoms with van der Waals surface area (Å²) in [5.41, 5.74) is 0.267. The van der Waals surface area contributed by atoms with Gasteiger partial charge in [0.15, 0.2) is 0 Å². The molecule has 1 unspecified atom stereocenters. The number of morpholine rings is 1. The van der Waals surface area contributed by atoms with E-state index in [1.165, 1.54) is 6.07 Å². The summed E-state index contributed by atoms with van der Waals surface area (Å²) in [6.07, 6.45) is -0.402. The summed E-state index contributed by atoms with van der Waals surface area (Å²) in [5, 5.41) is 3.07. The fourth-order valence-corrected chi connectivity index (χ4v) is 1.87. The molecule has 1 aromatic rings. The molecule has 0 aliphatic carbocycles. The van der Waals surface area contributed by atoms with Crippen molar-refractivity contribution >= 4 is 15.9 Å². The van der Waals surface area contributed by atoms with E-state index in [9.17, 15) is 8.78 Å². The summed E-state index contributed by atoms with van der Waals surface area (Å²) in [7, 11) is 0. The van der Waals surface area contributed by atoms with Crippen molar-refractivity contribution in [3.8, 4) is 0 Å². The lowest BCUT2D eigenvalue weighted by atomic mass is 10.1. The van der Waals surface area contributed by atoms with E-state index in [0.29, 0.717) is 13.2 Å². The van der Waals surface area contributed by atoms with Gasteiger partial charge < -0.3 is 10.1 Å². The van der Waals surface area contributed by atoms with Crippen molar-refractivity contribution in [3.05, 3.63) is 33.8 Å². The smallest absolute Gasteiger partial charge is 0.137 e. The lowest BCUT2D eigenvalue weighted by Gasteiger charge is -2.24. The second-order valence-electron chi connectivity index (χ2n) is 3.35. The van der Waals surface area contributed by atoms with Crippen molar-refractivity contribution in [2.45, 2.75) is 6.10 Å². The first kappa shape index (κ1) is 11.0. The SMILES string of the molecule is Fc1cc(C2CNCCO2)c(F)cc1Br. The number of rotatable bonds is 1. The zero-order chi connectivity index (χ0) is 10.8. The van der Waals surface area contributed by atoms with Crippen LogP contribution in [0.1, 0.15) is 11.7 Å². The number of hydrogen-bond donors (Lipinski definition) is 1. The second-order valence-corrected chi connectivity index (χ2v) is 4.21. The fraction of sp³-hybridized carbons (Fsp3) is 0.400. The van der Waals surface area contributed by atoms with Crippen LogP contribution in [0.2, 0.25) is 0 Å². The van der Waals surface area contributed by atoms with Crippen molar-refractivity contribution in [3.63, 3.8) is 0 Å². The maximum atomic E-state index is 13.5. The molecule has 0 aromatic heterocycles. The zero-order valence-corrected chi connectivity index (χ0v) is 9.48. The van der Waals surface area contributed by atoms with E-state index in [0.717, 1.165) is 12.6 Å². The molecule has 0 spiro atoms. The Balaban J connectivity index is 2.30. The quantitative estimate of drug-likeness (QED) is 0.796. The Morgan fingerprint density at radius 2 is 2.13 bits per heavy atom. The predicted molar refractivity (Wildman–Crippen MR) is 55.6 cm³/mol. The third-order valence-corrected chi connectivity index (χ3v) is 2.92. The van der Waals surface area contributed by atoms with Crippen molar-refractivity contribution in [2.24, 2.45) is 0 Å². The van der Waals surface area contributed by atoms with Crippen LogP contribution < -0.4 is 5.32 Å². The normalized spacial score (nSPS) is 21.7. The van der Waals surface area contributed by atoms with Crippen LogP contribution >= 0.6 is 15.9 Å². The molecule has 1 aliphatic rings. The van der Waals surface area contributed by atoms with E-state index in [2.05, 4.69) is 21.2 Å². The van der Waals surface area contributed by atoms with Crippen LogP contribution in [0.5, 0.6) is 0 Å².